The molecule has 450 valence electrons. The van der Waals surface area contributed by atoms with E-state index in [1.807, 2.05) is 0 Å². The fourth-order valence-corrected chi connectivity index (χ4v) is 10.4. The summed E-state index contributed by atoms with van der Waals surface area (Å²) in [6.07, 6.45) is 40.0. The Labute approximate surface area is 463 Å². The molecule has 0 saturated carbocycles. The number of carbonyl (C=O) groups is 1. The lowest BCUT2D eigenvalue weighted by atomic mass is 9.98. The fraction of sp³-hybridized carbons (Fsp3) is 0.952. The van der Waals surface area contributed by atoms with E-state index >= 15 is 0 Å². The van der Waals surface area contributed by atoms with Crippen LogP contribution in [0.4, 0.5) is 0 Å². The van der Waals surface area contributed by atoms with Gasteiger partial charge in [0.15, 0.2) is 12.6 Å². The largest absolute Gasteiger partial charge is 0.457 e. The molecule has 2 heterocycles. The molecule has 0 amide bonds. The van der Waals surface area contributed by atoms with Gasteiger partial charge in [-0.05, 0) is 38.5 Å². The Morgan fingerprint density at radius 3 is 1.20 bits per heavy atom. The van der Waals surface area contributed by atoms with E-state index in [2.05, 4.69) is 26.0 Å². The van der Waals surface area contributed by atoms with Crippen LogP contribution in [0.3, 0.4) is 0 Å². The van der Waals surface area contributed by atoms with Crippen molar-refractivity contribution in [2.45, 2.75) is 345 Å². The maximum atomic E-state index is 13.1. The van der Waals surface area contributed by atoms with Gasteiger partial charge >= 0.3 is 5.97 Å². The molecule has 76 heavy (non-hydrogen) atoms. The number of ether oxygens (including phenoxy) is 6. The average molecular weight is 1090 g/mol. The Morgan fingerprint density at radius 1 is 0.421 bits per heavy atom. The van der Waals surface area contributed by atoms with Crippen molar-refractivity contribution in [3.63, 3.8) is 0 Å². The third-order valence-electron chi connectivity index (χ3n) is 15.5. The third-order valence-corrected chi connectivity index (χ3v) is 15.5. The minimum Gasteiger partial charge on any atom is -0.457 e. The fourth-order valence-electron chi connectivity index (χ4n) is 10.4. The summed E-state index contributed by atoms with van der Waals surface area (Å²) >= 11 is 0. The first-order valence-corrected chi connectivity index (χ1v) is 31.8. The minimum atomic E-state index is -1.70. The second kappa shape index (κ2) is 49.5. The Hall–Kier alpha value is -1.27. The zero-order valence-electron chi connectivity index (χ0n) is 48.5. The molecule has 0 aromatic heterocycles. The topological polar surface area (TPSA) is 214 Å². The smallest absolute Gasteiger partial charge is 0.306 e. The Bertz CT molecular complexity index is 1310. The van der Waals surface area contributed by atoms with E-state index in [0.29, 0.717) is 13.0 Å². The summed E-state index contributed by atoms with van der Waals surface area (Å²) in [6, 6.07) is 0. The number of hydrogen-bond donors (Lipinski definition) is 7. The molecule has 11 atom stereocenters. The Morgan fingerprint density at radius 2 is 0.776 bits per heavy atom. The maximum Gasteiger partial charge on any atom is 0.306 e. The summed E-state index contributed by atoms with van der Waals surface area (Å²) in [6.45, 7) is 3.74. The molecule has 0 aromatic carbocycles. The molecular formula is C62H118O14. The molecule has 11 unspecified atom stereocenters. The number of carbonyl (C=O) groups excluding carboxylic acids is 1. The molecule has 2 rings (SSSR count). The maximum absolute atomic E-state index is 13.1. The first-order chi connectivity index (χ1) is 37.1. The van der Waals surface area contributed by atoms with Gasteiger partial charge in [0.05, 0.1) is 26.4 Å². The lowest BCUT2D eigenvalue weighted by Gasteiger charge is -2.42. The van der Waals surface area contributed by atoms with Gasteiger partial charge in [-0.25, -0.2) is 0 Å². The number of rotatable bonds is 53. The lowest BCUT2D eigenvalue weighted by Crippen LogP contribution is -2.61. The summed E-state index contributed by atoms with van der Waals surface area (Å²) in [5.74, 6) is -0.370. The molecule has 2 aliphatic rings. The molecule has 0 spiro atoms. The van der Waals surface area contributed by atoms with E-state index in [9.17, 15) is 40.5 Å². The molecule has 2 fully saturated rings. The molecule has 0 aliphatic carbocycles. The van der Waals surface area contributed by atoms with Gasteiger partial charge in [-0.2, -0.15) is 0 Å². The van der Waals surface area contributed by atoms with Crippen molar-refractivity contribution in [1.29, 1.82) is 0 Å². The molecule has 14 nitrogen and oxygen atoms in total. The third kappa shape index (κ3) is 35.5. The summed E-state index contributed by atoms with van der Waals surface area (Å²) in [5.41, 5.74) is 0. The molecule has 0 aromatic rings. The van der Waals surface area contributed by atoms with Crippen molar-refractivity contribution in [2.75, 3.05) is 33.0 Å². The highest BCUT2D eigenvalue weighted by molar-refractivity contribution is 5.69. The quantitative estimate of drug-likeness (QED) is 0.0172. The van der Waals surface area contributed by atoms with Gasteiger partial charge in [-0.1, -0.05) is 244 Å². The van der Waals surface area contributed by atoms with Gasteiger partial charge in [0.25, 0.3) is 0 Å². The minimum absolute atomic E-state index is 0.0635. The lowest BCUT2D eigenvalue weighted by molar-refractivity contribution is -0.332. The van der Waals surface area contributed by atoms with E-state index in [1.165, 1.54) is 205 Å². The van der Waals surface area contributed by atoms with Crippen LogP contribution in [-0.2, 0) is 33.2 Å². The van der Waals surface area contributed by atoms with Crippen LogP contribution in [0.5, 0.6) is 0 Å². The SMILES string of the molecule is CCCCCCCCC/C=C\CCCCCCCCOCC(COC1OC(COC2OC(CO)C(O)C(O)C2O)C(O)C(O)C1O)OC(=O)CCCCCCCCCCCCCCCCCCCCCCCCCCC. The van der Waals surface area contributed by atoms with E-state index in [1.54, 1.807) is 0 Å². The van der Waals surface area contributed by atoms with Crippen LogP contribution >= 0.6 is 0 Å². The van der Waals surface area contributed by atoms with Crippen LogP contribution < -0.4 is 0 Å². The molecule has 7 N–H and O–H groups in total. The highest BCUT2D eigenvalue weighted by atomic mass is 16.7. The van der Waals surface area contributed by atoms with Crippen molar-refractivity contribution in [2.24, 2.45) is 0 Å². The van der Waals surface area contributed by atoms with Crippen molar-refractivity contribution in [3.8, 4) is 0 Å². The summed E-state index contributed by atoms with van der Waals surface area (Å²) < 4.78 is 34.5. The molecule has 2 aliphatic heterocycles. The molecule has 0 bridgehead atoms. The van der Waals surface area contributed by atoms with Gasteiger partial charge in [0.1, 0.15) is 54.9 Å². The zero-order chi connectivity index (χ0) is 55.1. The standard InChI is InChI=1S/C62H118O14/c1-3-5-7-9-11-13-15-17-19-21-22-23-24-25-26-27-28-29-31-33-35-37-39-41-43-45-54(64)74-51(48-71-46-44-42-40-38-36-34-32-30-20-18-16-14-12-10-8-6-4-2)49-72-61-60(70)58(68)56(66)53(76-61)50-73-62-59(69)57(67)55(65)52(47-63)75-62/h20,30,51-53,55-63,65-70H,3-19,21-29,31-50H2,1-2H3/b30-20-. The van der Waals surface area contributed by atoms with Gasteiger partial charge < -0.3 is 64.2 Å². The Kier molecular flexibility index (Phi) is 46.2. The van der Waals surface area contributed by atoms with Gasteiger partial charge in [-0.3, -0.25) is 4.79 Å². The van der Waals surface area contributed by atoms with Crippen molar-refractivity contribution >= 4 is 5.97 Å². The first kappa shape index (κ1) is 70.8. The molecular weight excluding hydrogens is 969 g/mol. The van der Waals surface area contributed by atoms with Gasteiger partial charge in [0.2, 0.25) is 0 Å². The Balaban J connectivity index is 1.66. The summed E-state index contributed by atoms with van der Waals surface area (Å²) in [7, 11) is 0. The normalized spacial score (nSPS) is 24.4. The highest BCUT2D eigenvalue weighted by Crippen LogP contribution is 2.27. The molecule has 0 radical (unpaired) electrons. The average Bonchev–Trinajstić information content (AvgIpc) is 3.42. The van der Waals surface area contributed by atoms with Crippen LogP contribution in [0.2, 0.25) is 0 Å². The highest BCUT2D eigenvalue weighted by Gasteiger charge is 2.47. The second-order valence-electron chi connectivity index (χ2n) is 22.6. The van der Waals surface area contributed by atoms with E-state index in [4.69, 9.17) is 28.4 Å². The zero-order valence-corrected chi connectivity index (χ0v) is 48.5. The molecule has 14 heteroatoms. The van der Waals surface area contributed by atoms with Crippen molar-refractivity contribution in [3.05, 3.63) is 12.2 Å². The van der Waals surface area contributed by atoms with Crippen LogP contribution in [0.1, 0.15) is 277 Å². The summed E-state index contributed by atoms with van der Waals surface area (Å²) in [5, 5.41) is 72.4. The number of hydrogen-bond acceptors (Lipinski definition) is 14. The number of allylic oxidation sites excluding steroid dienone is 2. The predicted octanol–water partition coefficient (Wildman–Crippen LogP) is 12.1. The van der Waals surface area contributed by atoms with Crippen LogP contribution in [0.15, 0.2) is 12.2 Å². The van der Waals surface area contributed by atoms with E-state index < -0.39 is 80.7 Å². The number of unbranched alkanes of at least 4 members (excludes halogenated alkanes) is 37. The summed E-state index contributed by atoms with van der Waals surface area (Å²) in [4.78, 5) is 13.1. The van der Waals surface area contributed by atoms with E-state index in [-0.39, 0.29) is 25.6 Å². The van der Waals surface area contributed by atoms with Crippen LogP contribution in [0.25, 0.3) is 0 Å². The number of aliphatic hydroxyl groups is 7. The molecule has 2 saturated heterocycles. The predicted molar refractivity (Wildman–Crippen MR) is 303 cm³/mol. The first-order valence-electron chi connectivity index (χ1n) is 31.8. The number of aliphatic hydroxyl groups excluding tert-OH is 7. The van der Waals surface area contributed by atoms with Crippen LogP contribution in [-0.4, -0.2) is 142 Å². The van der Waals surface area contributed by atoms with Crippen molar-refractivity contribution in [1.82, 2.24) is 0 Å². The van der Waals surface area contributed by atoms with Gasteiger partial charge in [-0.15, -0.1) is 0 Å². The van der Waals surface area contributed by atoms with Crippen LogP contribution in [0, 0.1) is 0 Å². The van der Waals surface area contributed by atoms with Gasteiger partial charge in [0, 0.05) is 13.0 Å². The van der Waals surface area contributed by atoms with E-state index in [0.717, 1.165) is 44.9 Å². The van der Waals surface area contributed by atoms with Crippen molar-refractivity contribution < 1.29 is 69.0 Å². The monoisotopic (exact) mass is 1090 g/mol. The number of esters is 1. The second-order valence-corrected chi connectivity index (χ2v) is 22.6.